The molecule has 216 valence electrons. The Labute approximate surface area is 297 Å². The molecule has 2 nitrogen and oxygen atoms in total. The van der Waals surface area contributed by atoms with Crippen molar-refractivity contribution in [2.24, 2.45) is 0 Å². The van der Waals surface area contributed by atoms with Crippen LogP contribution in [0.2, 0.25) is 0 Å². The maximum atomic E-state index is 8.91. The van der Waals surface area contributed by atoms with Crippen molar-refractivity contribution in [1.82, 2.24) is 0 Å². The Hall–Kier alpha value is 0.359. The Balaban J connectivity index is 0. The van der Waals surface area contributed by atoms with E-state index in [-0.39, 0.29) is 106 Å². The van der Waals surface area contributed by atoms with Crippen LogP contribution in [0.5, 0.6) is 0 Å². The molecule has 2 aliphatic carbocycles. The van der Waals surface area contributed by atoms with Crippen molar-refractivity contribution in [3.05, 3.63) is 121 Å². The van der Waals surface area contributed by atoms with Crippen LogP contribution in [0.4, 0.5) is 0 Å². The summed E-state index contributed by atoms with van der Waals surface area (Å²) in [5.74, 6) is 0. The molecule has 0 aromatic heterocycles. The van der Waals surface area contributed by atoms with E-state index in [4.69, 9.17) is 10.2 Å². The van der Waals surface area contributed by atoms with Crippen LogP contribution in [-0.2, 0) is 0 Å². The fourth-order valence-corrected chi connectivity index (χ4v) is 3.45. The zero-order valence-corrected chi connectivity index (χ0v) is 24.6. The van der Waals surface area contributed by atoms with Gasteiger partial charge in [-0.05, 0) is 25.7 Å². The summed E-state index contributed by atoms with van der Waals surface area (Å²) in [6, 6.07) is 40.0. The monoisotopic (exact) mass is 808 g/mol. The molecule has 0 bridgehead atoms. The number of hydrogen-bond donors (Lipinski definition) is 2. The predicted octanol–water partition coefficient (Wildman–Crippen LogP) is 8.24. The van der Waals surface area contributed by atoms with E-state index in [0.29, 0.717) is 0 Å². The second kappa shape index (κ2) is 31.6. The quantitative estimate of drug-likeness (QED) is 0.176. The topological polar surface area (TPSA) is 40.5 Å². The molecule has 2 fully saturated rings. The summed E-state index contributed by atoms with van der Waals surface area (Å²) >= 11 is 0. The number of aliphatic hydroxyl groups is 2. The SMILES string of the molecule is OC1CCCCC1.OC1CCCCC1.[Yb].[Yb].c1cc[cH-]c1.c1cc[cH-]c1.c1cc[cH-]c1.c1cc[cH-]c1. The molecule has 4 heteroatoms. The Kier molecular flexibility index (Phi) is 33.8. The Morgan fingerprint density at radius 1 is 0.361 bits per heavy atom. The van der Waals surface area contributed by atoms with Crippen LogP contribution < -0.4 is 0 Å². The van der Waals surface area contributed by atoms with Crippen LogP contribution in [0.15, 0.2) is 121 Å². The third-order valence-electron chi connectivity index (χ3n) is 5.37. The van der Waals surface area contributed by atoms with Crippen LogP contribution in [0.25, 0.3) is 0 Å². The smallest absolute Gasteiger partial charge is 0.0540 e. The molecule has 2 N–H and O–H groups in total. The molecule has 36 heavy (non-hydrogen) atoms. The molecule has 2 saturated carbocycles. The van der Waals surface area contributed by atoms with Gasteiger partial charge < -0.3 is 10.2 Å². The molecule has 4 aromatic rings. The van der Waals surface area contributed by atoms with Gasteiger partial charge in [0.1, 0.15) is 0 Å². The summed E-state index contributed by atoms with van der Waals surface area (Å²) in [4.78, 5) is 0. The molecule has 4 aromatic carbocycles. The maximum absolute atomic E-state index is 8.91. The Bertz CT molecular complexity index is 561. The van der Waals surface area contributed by atoms with Crippen molar-refractivity contribution in [2.75, 3.05) is 0 Å². The third-order valence-corrected chi connectivity index (χ3v) is 5.37. The average Bonchev–Trinajstić information content (AvgIpc) is 3.73. The van der Waals surface area contributed by atoms with Crippen molar-refractivity contribution < 1.29 is 104 Å². The molecule has 0 saturated heterocycles. The van der Waals surface area contributed by atoms with Gasteiger partial charge in [0.25, 0.3) is 0 Å². The van der Waals surface area contributed by atoms with Gasteiger partial charge >= 0.3 is 0 Å². The van der Waals surface area contributed by atoms with Crippen molar-refractivity contribution in [3.63, 3.8) is 0 Å². The van der Waals surface area contributed by atoms with Gasteiger partial charge in [0.05, 0.1) is 12.2 Å². The molecular formula is C32H44O2Yb2-4. The fourth-order valence-electron chi connectivity index (χ4n) is 3.45. The normalized spacial score (nSPS) is 14.3. The van der Waals surface area contributed by atoms with Gasteiger partial charge in [0.2, 0.25) is 0 Å². The van der Waals surface area contributed by atoms with E-state index in [1.165, 1.54) is 38.5 Å². The van der Waals surface area contributed by atoms with Crippen LogP contribution in [0, 0.1) is 93.8 Å². The summed E-state index contributed by atoms with van der Waals surface area (Å²) in [6.45, 7) is 0. The van der Waals surface area contributed by atoms with E-state index in [2.05, 4.69) is 0 Å². The van der Waals surface area contributed by atoms with Crippen LogP contribution >= 0.6 is 0 Å². The second-order valence-corrected chi connectivity index (χ2v) is 8.43. The van der Waals surface area contributed by atoms with Gasteiger partial charge in [-0.25, -0.2) is 48.5 Å². The summed E-state index contributed by atoms with van der Waals surface area (Å²) in [6.07, 6.45) is 11.8. The van der Waals surface area contributed by atoms with Gasteiger partial charge in [-0.15, -0.1) is 0 Å². The molecule has 0 spiro atoms. The Morgan fingerprint density at radius 2 is 0.556 bits per heavy atom. The van der Waals surface area contributed by atoms with E-state index < -0.39 is 0 Å². The molecule has 2 aliphatic rings. The molecule has 0 radical (unpaired) electrons. The van der Waals surface area contributed by atoms with Gasteiger partial charge in [-0.2, -0.15) is 72.8 Å². The van der Waals surface area contributed by atoms with Crippen molar-refractivity contribution in [2.45, 2.75) is 76.4 Å². The third kappa shape index (κ3) is 28.9. The number of rotatable bonds is 0. The Morgan fingerprint density at radius 3 is 0.639 bits per heavy atom. The largest absolute Gasteiger partial charge is 0.393 e. The van der Waals surface area contributed by atoms with E-state index in [1.807, 2.05) is 121 Å². The minimum absolute atomic E-state index is 0. The fraction of sp³-hybridized carbons (Fsp3) is 0.375. The number of hydrogen-bond acceptors (Lipinski definition) is 2. The van der Waals surface area contributed by atoms with Crippen LogP contribution in [0.1, 0.15) is 64.2 Å². The first-order valence-corrected chi connectivity index (χ1v) is 12.8. The van der Waals surface area contributed by atoms with Gasteiger partial charge in [0.15, 0.2) is 0 Å². The molecule has 0 atom stereocenters. The van der Waals surface area contributed by atoms with Crippen molar-refractivity contribution in [3.8, 4) is 0 Å². The molecular weight excluding hydrogens is 762 g/mol. The number of aliphatic hydroxyl groups excluding tert-OH is 2. The van der Waals surface area contributed by atoms with E-state index in [0.717, 1.165) is 25.7 Å². The predicted molar refractivity (Wildman–Crippen MR) is 146 cm³/mol. The first kappa shape index (κ1) is 38.5. The molecule has 0 heterocycles. The van der Waals surface area contributed by atoms with E-state index >= 15 is 0 Å². The summed E-state index contributed by atoms with van der Waals surface area (Å²) in [5, 5.41) is 17.8. The molecule has 0 amide bonds. The first-order chi connectivity index (χ1) is 16.8. The minimum atomic E-state index is 0. The first-order valence-electron chi connectivity index (χ1n) is 12.8. The summed E-state index contributed by atoms with van der Waals surface area (Å²) in [7, 11) is 0. The molecule has 6 rings (SSSR count). The second-order valence-electron chi connectivity index (χ2n) is 8.43. The summed E-state index contributed by atoms with van der Waals surface area (Å²) in [5.41, 5.74) is 0. The van der Waals surface area contributed by atoms with Crippen molar-refractivity contribution >= 4 is 0 Å². The van der Waals surface area contributed by atoms with Crippen LogP contribution in [-0.4, -0.2) is 22.4 Å². The molecule has 0 unspecified atom stereocenters. The standard InChI is InChI=1S/2C6H12O.4C5H5.2Yb/c2*7-6-4-2-1-3-5-6;4*1-2-4-5-3-1;;/h2*6-7H,1-5H2;4*1-5H;;/q;;4*-1;;. The molecule has 0 aliphatic heterocycles. The van der Waals surface area contributed by atoms with Gasteiger partial charge in [-0.3, -0.25) is 0 Å². The maximum Gasteiger partial charge on any atom is 0.0540 e. The summed E-state index contributed by atoms with van der Waals surface area (Å²) < 4.78 is 0. The van der Waals surface area contributed by atoms with Crippen molar-refractivity contribution in [1.29, 1.82) is 0 Å². The zero-order valence-electron chi connectivity index (χ0n) is 21.2. The van der Waals surface area contributed by atoms with Crippen LogP contribution in [0.3, 0.4) is 0 Å². The van der Waals surface area contributed by atoms with Gasteiger partial charge in [-0.1, -0.05) is 38.5 Å². The van der Waals surface area contributed by atoms with E-state index in [9.17, 15) is 0 Å². The average molecular weight is 807 g/mol. The zero-order chi connectivity index (χ0) is 24.4. The van der Waals surface area contributed by atoms with E-state index in [1.54, 1.807) is 0 Å². The van der Waals surface area contributed by atoms with Gasteiger partial charge in [0, 0.05) is 93.8 Å². The minimum Gasteiger partial charge on any atom is -0.393 e.